The largest absolute Gasteiger partial charge is 0.439 e. The van der Waals surface area contributed by atoms with Gasteiger partial charge in [0.1, 0.15) is 17.9 Å². The van der Waals surface area contributed by atoms with E-state index < -0.39 is 0 Å². The van der Waals surface area contributed by atoms with Gasteiger partial charge in [-0.15, -0.1) is 0 Å². The summed E-state index contributed by atoms with van der Waals surface area (Å²) in [6.45, 7) is 0.0892. The van der Waals surface area contributed by atoms with E-state index in [1.54, 1.807) is 13.1 Å². The molecule has 2 N–H and O–H groups in total. The average molecular weight is 245 g/mol. The number of aliphatic hydroxyl groups excluding tert-OH is 1. The Bertz CT molecular complexity index is 517. The number of aromatic nitrogens is 2. The van der Waals surface area contributed by atoms with Crippen LogP contribution in [0.2, 0.25) is 0 Å². The number of rotatable bonds is 5. The zero-order chi connectivity index (χ0) is 12.8. The molecular weight excluding hydrogens is 230 g/mol. The van der Waals surface area contributed by atoms with Gasteiger partial charge < -0.3 is 15.2 Å². The molecule has 0 amide bonds. The van der Waals surface area contributed by atoms with Crippen molar-refractivity contribution in [1.29, 1.82) is 0 Å². The topological polar surface area (TPSA) is 67.3 Å². The standard InChI is InChI=1S/C13H15N3O2/c1-14-12-8-13(16-9-15-12)18-11-5-3-2-4-10(11)6-7-17/h2-5,8-9,17H,6-7H2,1H3,(H,14,15,16). The van der Waals surface area contributed by atoms with Crippen molar-refractivity contribution in [3.63, 3.8) is 0 Å². The first-order valence-electron chi connectivity index (χ1n) is 5.70. The highest BCUT2D eigenvalue weighted by Crippen LogP contribution is 2.24. The summed E-state index contributed by atoms with van der Waals surface area (Å²) in [6.07, 6.45) is 2.00. The fraction of sp³-hybridized carbons (Fsp3) is 0.231. The minimum atomic E-state index is 0.0892. The molecule has 18 heavy (non-hydrogen) atoms. The summed E-state index contributed by atoms with van der Waals surface area (Å²) in [4.78, 5) is 8.06. The van der Waals surface area contributed by atoms with Crippen molar-refractivity contribution < 1.29 is 9.84 Å². The molecule has 2 rings (SSSR count). The third kappa shape index (κ3) is 2.95. The monoisotopic (exact) mass is 245 g/mol. The minimum absolute atomic E-state index is 0.0892. The van der Waals surface area contributed by atoms with Crippen LogP contribution >= 0.6 is 0 Å². The number of hydrogen-bond acceptors (Lipinski definition) is 5. The van der Waals surface area contributed by atoms with Gasteiger partial charge in [0.05, 0.1) is 0 Å². The van der Waals surface area contributed by atoms with Crippen LogP contribution in [0, 0.1) is 0 Å². The van der Waals surface area contributed by atoms with Crippen LogP contribution < -0.4 is 10.1 Å². The maximum absolute atomic E-state index is 9.00. The van der Waals surface area contributed by atoms with E-state index in [1.807, 2.05) is 24.3 Å². The number of nitrogens with zero attached hydrogens (tertiary/aromatic N) is 2. The van der Waals surface area contributed by atoms with E-state index in [4.69, 9.17) is 9.84 Å². The smallest absolute Gasteiger partial charge is 0.224 e. The Balaban J connectivity index is 2.22. The minimum Gasteiger partial charge on any atom is -0.439 e. The van der Waals surface area contributed by atoms with E-state index in [-0.39, 0.29) is 6.61 Å². The van der Waals surface area contributed by atoms with Crippen LogP contribution in [0.1, 0.15) is 5.56 Å². The summed E-state index contributed by atoms with van der Waals surface area (Å²) >= 11 is 0. The molecule has 0 saturated carbocycles. The lowest BCUT2D eigenvalue weighted by molar-refractivity contribution is 0.297. The summed E-state index contributed by atoms with van der Waals surface area (Å²) in [5, 5.41) is 11.9. The quantitative estimate of drug-likeness (QED) is 0.841. The van der Waals surface area contributed by atoms with E-state index in [2.05, 4.69) is 15.3 Å². The predicted octanol–water partition coefficient (Wildman–Crippen LogP) is 1.85. The Kier molecular flexibility index (Phi) is 4.09. The lowest BCUT2D eigenvalue weighted by atomic mass is 10.1. The maximum Gasteiger partial charge on any atom is 0.224 e. The molecule has 5 nitrogen and oxygen atoms in total. The van der Waals surface area contributed by atoms with Crippen LogP contribution in [-0.2, 0) is 6.42 Å². The fourth-order valence-corrected chi connectivity index (χ4v) is 1.58. The SMILES string of the molecule is CNc1cc(Oc2ccccc2CCO)ncn1. The van der Waals surface area contributed by atoms with Gasteiger partial charge in [-0.05, 0) is 18.1 Å². The maximum atomic E-state index is 9.00. The van der Waals surface area contributed by atoms with E-state index >= 15 is 0 Å². The highest BCUT2D eigenvalue weighted by molar-refractivity contribution is 5.40. The van der Waals surface area contributed by atoms with E-state index in [1.165, 1.54) is 6.33 Å². The Morgan fingerprint density at radius 2 is 2.11 bits per heavy atom. The molecule has 1 heterocycles. The van der Waals surface area contributed by atoms with E-state index in [0.29, 0.717) is 23.9 Å². The lowest BCUT2D eigenvalue weighted by Gasteiger charge is -2.09. The molecule has 1 aromatic heterocycles. The molecule has 0 fully saturated rings. The zero-order valence-corrected chi connectivity index (χ0v) is 10.1. The number of nitrogens with one attached hydrogen (secondary N) is 1. The Hall–Kier alpha value is -2.14. The highest BCUT2D eigenvalue weighted by atomic mass is 16.5. The molecule has 0 aliphatic heterocycles. The second-order valence-corrected chi connectivity index (χ2v) is 3.67. The first-order chi connectivity index (χ1) is 8.83. The first kappa shape index (κ1) is 12.3. The van der Waals surface area contributed by atoms with Gasteiger partial charge in [-0.1, -0.05) is 18.2 Å². The van der Waals surface area contributed by atoms with Crippen molar-refractivity contribution >= 4 is 5.82 Å². The third-order valence-electron chi connectivity index (χ3n) is 2.47. The highest BCUT2D eigenvalue weighted by Gasteiger charge is 2.05. The van der Waals surface area contributed by atoms with Gasteiger partial charge in [0.25, 0.3) is 0 Å². The van der Waals surface area contributed by atoms with Gasteiger partial charge >= 0.3 is 0 Å². The molecule has 0 bridgehead atoms. The molecule has 0 unspecified atom stereocenters. The van der Waals surface area contributed by atoms with Crippen molar-refractivity contribution in [1.82, 2.24) is 9.97 Å². The summed E-state index contributed by atoms with van der Waals surface area (Å²) in [5.41, 5.74) is 0.949. The molecule has 0 spiro atoms. The molecule has 0 atom stereocenters. The van der Waals surface area contributed by atoms with Crippen LogP contribution in [-0.4, -0.2) is 28.7 Å². The van der Waals surface area contributed by atoms with Gasteiger partial charge in [-0.2, -0.15) is 0 Å². The van der Waals surface area contributed by atoms with Crippen LogP contribution in [0.4, 0.5) is 5.82 Å². The first-order valence-corrected chi connectivity index (χ1v) is 5.70. The third-order valence-corrected chi connectivity index (χ3v) is 2.47. The lowest BCUT2D eigenvalue weighted by Crippen LogP contribution is -1.98. The second kappa shape index (κ2) is 5.97. The van der Waals surface area contributed by atoms with Crippen LogP contribution in [0.3, 0.4) is 0 Å². The van der Waals surface area contributed by atoms with Crippen LogP contribution in [0.25, 0.3) is 0 Å². The van der Waals surface area contributed by atoms with Gasteiger partial charge in [0, 0.05) is 19.7 Å². The number of hydrogen-bond donors (Lipinski definition) is 2. The number of anilines is 1. The van der Waals surface area contributed by atoms with Gasteiger partial charge in [0.15, 0.2) is 0 Å². The normalized spacial score (nSPS) is 10.1. The molecule has 5 heteroatoms. The number of para-hydroxylation sites is 1. The Morgan fingerprint density at radius 1 is 1.28 bits per heavy atom. The van der Waals surface area contributed by atoms with Crippen molar-refractivity contribution in [2.24, 2.45) is 0 Å². The molecule has 1 aromatic carbocycles. The fourth-order valence-electron chi connectivity index (χ4n) is 1.58. The summed E-state index contributed by atoms with van der Waals surface area (Å²) in [5.74, 6) is 1.87. The zero-order valence-electron chi connectivity index (χ0n) is 10.1. The summed E-state index contributed by atoms with van der Waals surface area (Å²) in [7, 11) is 1.78. The molecule has 0 radical (unpaired) electrons. The molecule has 2 aromatic rings. The molecule has 0 aliphatic rings. The summed E-state index contributed by atoms with van der Waals surface area (Å²) in [6, 6.07) is 9.29. The van der Waals surface area contributed by atoms with Crippen LogP contribution in [0.5, 0.6) is 11.6 Å². The van der Waals surface area contributed by atoms with E-state index in [9.17, 15) is 0 Å². The number of aliphatic hydroxyl groups is 1. The van der Waals surface area contributed by atoms with Gasteiger partial charge in [0.2, 0.25) is 5.88 Å². The molecule has 94 valence electrons. The molecular formula is C13H15N3O2. The Morgan fingerprint density at radius 3 is 2.89 bits per heavy atom. The molecule has 0 saturated heterocycles. The van der Waals surface area contributed by atoms with Gasteiger partial charge in [-0.3, -0.25) is 0 Å². The van der Waals surface area contributed by atoms with Crippen LogP contribution in [0.15, 0.2) is 36.7 Å². The average Bonchev–Trinajstić information content (AvgIpc) is 2.41. The summed E-state index contributed by atoms with van der Waals surface area (Å²) < 4.78 is 5.70. The second-order valence-electron chi connectivity index (χ2n) is 3.67. The predicted molar refractivity (Wildman–Crippen MR) is 68.9 cm³/mol. The van der Waals surface area contributed by atoms with Crippen molar-refractivity contribution in [3.05, 3.63) is 42.2 Å². The number of ether oxygens (including phenoxy) is 1. The van der Waals surface area contributed by atoms with Crippen molar-refractivity contribution in [2.75, 3.05) is 19.0 Å². The van der Waals surface area contributed by atoms with E-state index in [0.717, 1.165) is 5.56 Å². The van der Waals surface area contributed by atoms with Crippen molar-refractivity contribution in [3.8, 4) is 11.6 Å². The Labute approximate surface area is 105 Å². The van der Waals surface area contributed by atoms with Crippen molar-refractivity contribution in [2.45, 2.75) is 6.42 Å². The number of benzene rings is 1. The molecule has 0 aliphatic carbocycles. The van der Waals surface area contributed by atoms with Gasteiger partial charge in [-0.25, -0.2) is 9.97 Å².